The number of halogens is 2. The van der Waals surface area contributed by atoms with Gasteiger partial charge in [0.2, 0.25) is 0 Å². The van der Waals surface area contributed by atoms with E-state index in [2.05, 4.69) is 44.6 Å². The summed E-state index contributed by atoms with van der Waals surface area (Å²) >= 11 is 5.71. The Bertz CT molecular complexity index is 358. The van der Waals surface area contributed by atoms with Crippen molar-refractivity contribution in [2.75, 3.05) is 0 Å². The summed E-state index contributed by atoms with van der Waals surface area (Å²) in [6.07, 6.45) is 1.70. The summed E-state index contributed by atoms with van der Waals surface area (Å²) < 4.78 is 7.52. The van der Waals surface area contributed by atoms with Crippen LogP contribution in [-0.4, -0.2) is 0 Å². The molecule has 0 atom stereocenters. The lowest BCUT2D eigenvalue weighted by molar-refractivity contribution is 0.615. The van der Waals surface area contributed by atoms with Gasteiger partial charge in [0, 0.05) is 13.4 Å². The minimum absolute atomic E-state index is 0.942. The molecule has 0 radical (unpaired) electrons. The molecule has 3 heteroatoms. The molecule has 0 fully saturated rings. The van der Waals surface area contributed by atoms with Crippen LogP contribution in [0.2, 0.25) is 0 Å². The second-order valence-corrected chi connectivity index (χ2v) is 4.24. The van der Waals surface area contributed by atoms with Crippen LogP contribution >= 0.6 is 38.5 Å². The smallest absolute Gasteiger partial charge is 0.134 e. The van der Waals surface area contributed by atoms with Gasteiger partial charge < -0.3 is 4.42 Å². The Balaban J connectivity index is 2.86. The molecule has 1 heterocycles. The summed E-state index contributed by atoms with van der Waals surface area (Å²) in [5.74, 6) is 0. The predicted octanol–water partition coefficient (Wildman–Crippen LogP) is 3.80. The topological polar surface area (TPSA) is 13.1 Å². The third-order valence-electron chi connectivity index (χ3n) is 1.50. The lowest BCUT2D eigenvalue weighted by Crippen LogP contribution is -1.72. The maximum Gasteiger partial charge on any atom is 0.134 e. The molecule has 0 amide bonds. The van der Waals surface area contributed by atoms with Gasteiger partial charge in [-0.25, -0.2) is 0 Å². The van der Waals surface area contributed by atoms with Crippen LogP contribution in [0.3, 0.4) is 0 Å². The minimum atomic E-state index is 0.942. The normalized spacial score (nSPS) is 10.7. The SMILES string of the molecule is Brc1cc2ccoc2cc1I. The second-order valence-electron chi connectivity index (χ2n) is 2.22. The molecule has 56 valence electrons. The van der Waals surface area contributed by atoms with Gasteiger partial charge in [0.05, 0.1) is 6.26 Å². The third kappa shape index (κ3) is 1.31. The van der Waals surface area contributed by atoms with E-state index in [9.17, 15) is 0 Å². The Morgan fingerprint density at radius 3 is 3.00 bits per heavy atom. The molecule has 11 heavy (non-hydrogen) atoms. The molecule has 0 spiro atoms. The van der Waals surface area contributed by atoms with Gasteiger partial charge in [-0.3, -0.25) is 0 Å². The Morgan fingerprint density at radius 2 is 2.18 bits per heavy atom. The highest BCUT2D eigenvalue weighted by molar-refractivity contribution is 14.1. The van der Waals surface area contributed by atoms with Crippen molar-refractivity contribution in [2.45, 2.75) is 0 Å². The lowest BCUT2D eigenvalue weighted by atomic mass is 10.3. The molecule has 1 aromatic carbocycles. The monoisotopic (exact) mass is 322 g/mol. The maximum absolute atomic E-state index is 5.23. The molecule has 1 nitrogen and oxygen atoms in total. The molecule has 1 aromatic heterocycles. The molecule has 0 N–H and O–H groups in total. The van der Waals surface area contributed by atoms with Gasteiger partial charge in [0.25, 0.3) is 0 Å². The summed E-state index contributed by atoms with van der Waals surface area (Å²) in [7, 11) is 0. The summed E-state index contributed by atoms with van der Waals surface area (Å²) in [6.45, 7) is 0. The van der Waals surface area contributed by atoms with E-state index >= 15 is 0 Å². The molecule has 0 aliphatic heterocycles. The van der Waals surface area contributed by atoms with Crippen LogP contribution in [0.5, 0.6) is 0 Å². The van der Waals surface area contributed by atoms with E-state index in [4.69, 9.17) is 4.42 Å². The number of fused-ring (bicyclic) bond motifs is 1. The molecule has 0 unspecified atom stereocenters. The third-order valence-corrected chi connectivity index (χ3v) is 3.79. The van der Waals surface area contributed by atoms with E-state index in [0.29, 0.717) is 0 Å². The van der Waals surface area contributed by atoms with Crippen molar-refractivity contribution in [1.29, 1.82) is 0 Å². The van der Waals surface area contributed by atoms with Crippen LogP contribution in [-0.2, 0) is 0 Å². The zero-order valence-electron chi connectivity index (χ0n) is 5.47. The van der Waals surface area contributed by atoms with Crippen molar-refractivity contribution in [1.82, 2.24) is 0 Å². The van der Waals surface area contributed by atoms with Crippen LogP contribution in [0.25, 0.3) is 11.0 Å². The number of rotatable bonds is 0. The van der Waals surface area contributed by atoms with E-state index in [-0.39, 0.29) is 0 Å². The number of hydrogen-bond acceptors (Lipinski definition) is 1. The van der Waals surface area contributed by atoms with Crippen molar-refractivity contribution >= 4 is 49.5 Å². The molecule has 0 saturated heterocycles. The van der Waals surface area contributed by atoms with Crippen molar-refractivity contribution in [3.05, 3.63) is 32.5 Å². The number of hydrogen-bond donors (Lipinski definition) is 0. The quantitative estimate of drug-likeness (QED) is 0.672. The molecule has 0 aliphatic rings. The van der Waals surface area contributed by atoms with E-state index in [1.165, 1.54) is 3.57 Å². The molecule has 2 aromatic rings. The average Bonchev–Trinajstić information content (AvgIpc) is 2.36. The summed E-state index contributed by atoms with van der Waals surface area (Å²) in [5, 5.41) is 1.14. The summed E-state index contributed by atoms with van der Waals surface area (Å²) in [4.78, 5) is 0. The van der Waals surface area contributed by atoms with E-state index in [1.54, 1.807) is 6.26 Å². The van der Waals surface area contributed by atoms with Gasteiger partial charge in [-0.1, -0.05) is 0 Å². The van der Waals surface area contributed by atoms with Crippen molar-refractivity contribution in [3.8, 4) is 0 Å². The highest BCUT2D eigenvalue weighted by atomic mass is 127. The van der Waals surface area contributed by atoms with Crippen LogP contribution < -0.4 is 0 Å². The highest BCUT2D eigenvalue weighted by Gasteiger charge is 2.00. The molecule has 2 rings (SSSR count). The molecular weight excluding hydrogens is 319 g/mol. The second kappa shape index (κ2) is 2.79. The Morgan fingerprint density at radius 1 is 1.36 bits per heavy atom. The van der Waals surface area contributed by atoms with Crippen LogP contribution in [0.4, 0.5) is 0 Å². The fraction of sp³-hybridized carbons (Fsp3) is 0. The average molecular weight is 323 g/mol. The standard InChI is InChI=1S/C8H4BrIO/c9-6-3-5-1-2-11-8(5)4-7(6)10/h1-4H. The first-order chi connectivity index (χ1) is 5.27. The zero-order chi connectivity index (χ0) is 7.84. The van der Waals surface area contributed by atoms with E-state index < -0.39 is 0 Å². The van der Waals surface area contributed by atoms with Crippen molar-refractivity contribution in [2.24, 2.45) is 0 Å². The first kappa shape index (κ1) is 7.61. The molecule has 0 aliphatic carbocycles. The summed E-state index contributed by atoms with van der Waals surface area (Å²) in [6, 6.07) is 6.02. The number of benzene rings is 1. The van der Waals surface area contributed by atoms with Gasteiger partial charge >= 0.3 is 0 Å². The van der Waals surface area contributed by atoms with E-state index in [0.717, 1.165) is 15.4 Å². The van der Waals surface area contributed by atoms with Crippen LogP contribution in [0, 0.1) is 3.57 Å². The first-order valence-electron chi connectivity index (χ1n) is 3.09. The summed E-state index contributed by atoms with van der Waals surface area (Å²) in [5.41, 5.74) is 0.942. The fourth-order valence-corrected chi connectivity index (χ4v) is 1.76. The fourth-order valence-electron chi connectivity index (χ4n) is 0.957. The maximum atomic E-state index is 5.23. The van der Waals surface area contributed by atoms with Gasteiger partial charge in [-0.15, -0.1) is 0 Å². The lowest BCUT2D eigenvalue weighted by Gasteiger charge is -1.93. The predicted molar refractivity (Wildman–Crippen MR) is 56.6 cm³/mol. The molecular formula is C8H4BrIO. The van der Waals surface area contributed by atoms with Gasteiger partial charge in [0.1, 0.15) is 5.58 Å². The largest absolute Gasteiger partial charge is 0.464 e. The highest BCUT2D eigenvalue weighted by Crippen LogP contribution is 2.25. The van der Waals surface area contributed by atoms with Crippen molar-refractivity contribution < 1.29 is 4.42 Å². The Labute approximate surface area is 86.0 Å². The molecule has 0 bridgehead atoms. The Hall–Kier alpha value is -0.0300. The zero-order valence-corrected chi connectivity index (χ0v) is 9.22. The van der Waals surface area contributed by atoms with E-state index in [1.807, 2.05) is 12.1 Å². The van der Waals surface area contributed by atoms with Crippen LogP contribution in [0.1, 0.15) is 0 Å². The van der Waals surface area contributed by atoms with Gasteiger partial charge in [-0.2, -0.15) is 0 Å². The minimum Gasteiger partial charge on any atom is -0.464 e. The number of furan rings is 1. The first-order valence-corrected chi connectivity index (χ1v) is 4.97. The Kier molecular flexibility index (Phi) is 1.93. The van der Waals surface area contributed by atoms with Crippen LogP contribution in [0.15, 0.2) is 33.4 Å². The van der Waals surface area contributed by atoms with Gasteiger partial charge in [0.15, 0.2) is 0 Å². The van der Waals surface area contributed by atoms with Gasteiger partial charge in [-0.05, 0) is 56.7 Å². The molecule has 0 saturated carbocycles. The van der Waals surface area contributed by atoms with Crippen molar-refractivity contribution in [3.63, 3.8) is 0 Å².